The van der Waals surface area contributed by atoms with Gasteiger partial charge in [0.2, 0.25) is 0 Å². The van der Waals surface area contributed by atoms with Gasteiger partial charge in [-0.05, 0) is 34.0 Å². The van der Waals surface area contributed by atoms with Crippen molar-refractivity contribution < 1.29 is 4.39 Å². The number of rotatable bonds is 3. The molecular weight excluding hydrogens is 347 g/mol. The second-order valence-electron chi connectivity index (χ2n) is 4.80. The Kier molecular flexibility index (Phi) is 4.25. The Labute approximate surface area is 130 Å². The van der Waals surface area contributed by atoms with E-state index in [4.69, 9.17) is 17.3 Å². The largest absolute Gasteiger partial charge is 0.394 e. The number of benzene rings is 1. The number of aryl methyl sites for hydroxylation is 1. The molecule has 4 nitrogen and oxygen atoms in total. The molecule has 0 aliphatic carbocycles. The number of anilines is 3. The predicted octanol–water partition coefficient (Wildman–Crippen LogP) is 4.42. The SMILES string of the molecule is CC(C)c1nn(C)c(Nc2c(Cl)cc(F)cc2Br)c1N. The first-order chi connectivity index (χ1) is 9.31. The van der Waals surface area contributed by atoms with E-state index in [0.717, 1.165) is 5.69 Å². The van der Waals surface area contributed by atoms with Crippen LogP contribution in [0.1, 0.15) is 25.5 Å². The van der Waals surface area contributed by atoms with Gasteiger partial charge in [0.05, 0.1) is 22.1 Å². The lowest BCUT2D eigenvalue weighted by Crippen LogP contribution is -2.02. The van der Waals surface area contributed by atoms with Crippen LogP contribution in [0.3, 0.4) is 0 Å². The molecule has 0 atom stereocenters. The first-order valence-corrected chi connectivity index (χ1v) is 7.22. The molecule has 0 fully saturated rings. The maximum atomic E-state index is 13.2. The van der Waals surface area contributed by atoms with Crippen LogP contribution in [0.15, 0.2) is 16.6 Å². The van der Waals surface area contributed by atoms with Gasteiger partial charge < -0.3 is 11.1 Å². The molecule has 2 rings (SSSR count). The summed E-state index contributed by atoms with van der Waals surface area (Å²) in [5, 5.41) is 7.76. The van der Waals surface area contributed by atoms with Crippen LogP contribution < -0.4 is 11.1 Å². The number of halogens is 3. The summed E-state index contributed by atoms with van der Waals surface area (Å²) in [6, 6.07) is 2.58. The van der Waals surface area contributed by atoms with Crippen molar-refractivity contribution in [1.29, 1.82) is 0 Å². The van der Waals surface area contributed by atoms with Crippen molar-refractivity contribution in [2.24, 2.45) is 7.05 Å². The molecule has 1 aromatic carbocycles. The standard InChI is InChI=1S/C13H15BrClFN4/c1-6(2)11-10(17)13(20(3)19-11)18-12-8(14)4-7(16)5-9(12)15/h4-6,18H,17H2,1-3H3. The summed E-state index contributed by atoms with van der Waals surface area (Å²) in [6.07, 6.45) is 0. The van der Waals surface area contributed by atoms with Gasteiger partial charge in [0, 0.05) is 11.5 Å². The second kappa shape index (κ2) is 5.61. The zero-order valence-corrected chi connectivity index (χ0v) is 13.7. The number of nitrogens with two attached hydrogens (primary N) is 1. The fourth-order valence-corrected chi connectivity index (χ4v) is 2.81. The van der Waals surface area contributed by atoms with E-state index in [1.54, 1.807) is 11.7 Å². The molecule has 20 heavy (non-hydrogen) atoms. The van der Waals surface area contributed by atoms with Crippen molar-refractivity contribution in [1.82, 2.24) is 9.78 Å². The molecule has 3 N–H and O–H groups in total. The average Bonchev–Trinajstić information content (AvgIpc) is 2.60. The van der Waals surface area contributed by atoms with Gasteiger partial charge >= 0.3 is 0 Å². The summed E-state index contributed by atoms with van der Waals surface area (Å²) in [5.41, 5.74) is 8.03. The molecule has 0 aliphatic rings. The highest BCUT2D eigenvalue weighted by molar-refractivity contribution is 9.10. The Hall–Kier alpha value is -1.27. The van der Waals surface area contributed by atoms with Crippen LogP contribution in [-0.4, -0.2) is 9.78 Å². The van der Waals surface area contributed by atoms with E-state index >= 15 is 0 Å². The molecule has 0 saturated heterocycles. The number of hydrogen-bond donors (Lipinski definition) is 2. The molecule has 0 aliphatic heterocycles. The zero-order valence-electron chi connectivity index (χ0n) is 11.3. The smallest absolute Gasteiger partial charge is 0.152 e. The summed E-state index contributed by atoms with van der Waals surface area (Å²) in [6.45, 7) is 4.03. The first-order valence-electron chi connectivity index (χ1n) is 6.05. The molecule has 108 valence electrons. The fourth-order valence-electron chi connectivity index (χ4n) is 1.92. The number of nitrogens with zero attached hydrogens (tertiary/aromatic N) is 2. The molecule has 2 aromatic rings. The van der Waals surface area contributed by atoms with Crippen LogP contribution in [-0.2, 0) is 7.05 Å². The Morgan fingerprint density at radius 1 is 1.45 bits per heavy atom. The van der Waals surface area contributed by atoms with E-state index in [0.29, 0.717) is 21.7 Å². The van der Waals surface area contributed by atoms with Crippen LogP contribution >= 0.6 is 27.5 Å². The Morgan fingerprint density at radius 2 is 2.10 bits per heavy atom. The Bertz CT molecular complexity index is 631. The molecule has 1 heterocycles. The maximum Gasteiger partial charge on any atom is 0.152 e. The van der Waals surface area contributed by atoms with Gasteiger partial charge in [-0.3, -0.25) is 4.68 Å². The Balaban J connectivity index is 2.46. The lowest BCUT2D eigenvalue weighted by atomic mass is 10.1. The van der Waals surface area contributed by atoms with E-state index in [2.05, 4.69) is 26.3 Å². The van der Waals surface area contributed by atoms with Gasteiger partial charge in [0.1, 0.15) is 5.82 Å². The summed E-state index contributed by atoms with van der Waals surface area (Å²) in [5.74, 6) is 0.431. The van der Waals surface area contributed by atoms with Gasteiger partial charge in [0.25, 0.3) is 0 Å². The average molecular weight is 362 g/mol. The number of nitrogens with one attached hydrogen (secondary N) is 1. The molecule has 0 unspecified atom stereocenters. The minimum absolute atomic E-state index is 0.212. The first kappa shape index (κ1) is 15.1. The lowest BCUT2D eigenvalue weighted by Gasteiger charge is -2.12. The third kappa shape index (κ3) is 2.76. The third-order valence-corrected chi connectivity index (χ3v) is 3.83. The van der Waals surface area contributed by atoms with Crippen LogP contribution in [0.2, 0.25) is 5.02 Å². The molecule has 7 heteroatoms. The third-order valence-electron chi connectivity index (χ3n) is 2.91. The summed E-state index contributed by atoms with van der Waals surface area (Å²) >= 11 is 9.34. The second-order valence-corrected chi connectivity index (χ2v) is 6.06. The van der Waals surface area contributed by atoms with Gasteiger partial charge in [0.15, 0.2) is 5.82 Å². The maximum absolute atomic E-state index is 13.2. The Morgan fingerprint density at radius 3 is 2.60 bits per heavy atom. The number of nitrogen functional groups attached to an aromatic ring is 1. The van der Waals surface area contributed by atoms with Crippen LogP contribution in [0.25, 0.3) is 0 Å². The quantitative estimate of drug-likeness (QED) is 0.850. The highest BCUT2D eigenvalue weighted by atomic mass is 79.9. The molecule has 0 radical (unpaired) electrons. The highest BCUT2D eigenvalue weighted by Crippen LogP contribution is 2.37. The summed E-state index contributed by atoms with van der Waals surface area (Å²) in [4.78, 5) is 0. The van der Waals surface area contributed by atoms with Gasteiger partial charge in [-0.15, -0.1) is 0 Å². The lowest BCUT2D eigenvalue weighted by molar-refractivity contribution is 0.627. The van der Waals surface area contributed by atoms with Gasteiger partial charge in [-0.25, -0.2) is 4.39 Å². The predicted molar refractivity (Wildman–Crippen MR) is 84.1 cm³/mol. The van der Waals surface area contributed by atoms with Gasteiger partial charge in [-0.2, -0.15) is 5.10 Å². The van der Waals surface area contributed by atoms with Crippen molar-refractivity contribution in [2.75, 3.05) is 11.1 Å². The van der Waals surface area contributed by atoms with Crippen molar-refractivity contribution >= 4 is 44.7 Å². The molecule has 0 saturated carbocycles. The molecule has 1 aromatic heterocycles. The number of aromatic nitrogens is 2. The van der Waals surface area contributed by atoms with E-state index in [9.17, 15) is 4.39 Å². The molecule has 0 bridgehead atoms. The van der Waals surface area contributed by atoms with Crippen LogP contribution in [0.4, 0.5) is 21.6 Å². The van der Waals surface area contributed by atoms with Crippen molar-refractivity contribution in [3.63, 3.8) is 0 Å². The minimum atomic E-state index is -0.409. The van der Waals surface area contributed by atoms with Crippen molar-refractivity contribution in [2.45, 2.75) is 19.8 Å². The van der Waals surface area contributed by atoms with E-state index in [-0.39, 0.29) is 10.9 Å². The van der Waals surface area contributed by atoms with E-state index in [1.165, 1.54) is 12.1 Å². The van der Waals surface area contributed by atoms with E-state index < -0.39 is 5.82 Å². The van der Waals surface area contributed by atoms with Crippen molar-refractivity contribution in [3.8, 4) is 0 Å². The molecular formula is C13H15BrClFN4. The highest BCUT2D eigenvalue weighted by Gasteiger charge is 2.18. The summed E-state index contributed by atoms with van der Waals surface area (Å²) in [7, 11) is 1.79. The fraction of sp³-hybridized carbons (Fsp3) is 0.308. The zero-order chi connectivity index (χ0) is 15.0. The minimum Gasteiger partial charge on any atom is -0.394 e. The normalized spacial score (nSPS) is 11.2. The van der Waals surface area contributed by atoms with E-state index in [1.807, 2.05) is 13.8 Å². The van der Waals surface area contributed by atoms with Gasteiger partial charge in [-0.1, -0.05) is 25.4 Å². The summed E-state index contributed by atoms with van der Waals surface area (Å²) < 4.78 is 15.4. The topological polar surface area (TPSA) is 55.9 Å². The molecule has 0 spiro atoms. The number of hydrogen-bond acceptors (Lipinski definition) is 3. The van der Waals surface area contributed by atoms with Crippen LogP contribution in [0.5, 0.6) is 0 Å². The monoisotopic (exact) mass is 360 g/mol. The van der Waals surface area contributed by atoms with Crippen LogP contribution in [0, 0.1) is 5.82 Å². The van der Waals surface area contributed by atoms with Crippen molar-refractivity contribution in [3.05, 3.63) is 33.1 Å². The molecule has 0 amide bonds.